The lowest BCUT2D eigenvalue weighted by molar-refractivity contribution is 0.0691. The van der Waals surface area contributed by atoms with Crippen molar-refractivity contribution in [3.8, 4) is 0 Å². The minimum Gasteiger partial charge on any atom is -0.336 e. The monoisotopic (exact) mass is 305 g/mol. The highest BCUT2D eigenvalue weighted by molar-refractivity contribution is 5.93. The first-order valence-corrected chi connectivity index (χ1v) is 6.10. The predicted octanol–water partition coefficient (Wildman–Crippen LogP) is 2.06. The zero-order valence-electron chi connectivity index (χ0n) is 11.3. The highest BCUT2D eigenvalue weighted by Gasteiger charge is 2.24. The summed E-state index contributed by atoms with van der Waals surface area (Å²) in [6.45, 7) is 3.55. The van der Waals surface area contributed by atoms with Crippen molar-refractivity contribution >= 4 is 30.7 Å². The quantitative estimate of drug-likeness (QED) is 0.909. The molecule has 1 amide bonds. The Bertz CT molecular complexity index is 415. The van der Waals surface area contributed by atoms with Gasteiger partial charge in [0.2, 0.25) is 0 Å². The van der Waals surface area contributed by atoms with Gasteiger partial charge in [0.15, 0.2) is 0 Å². The SMILES string of the molecule is CNC1CCCN(C(=O)c2ncccc2C)C1.Cl.Cl. The number of aryl methyl sites for hydroxylation is 1. The van der Waals surface area contributed by atoms with Crippen molar-refractivity contribution in [2.24, 2.45) is 0 Å². The van der Waals surface area contributed by atoms with E-state index in [-0.39, 0.29) is 30.7 Å². The van der Waals surface area contributed by atoms with Gasteiger partial charge >= 0.3 is 0 Å². The summed E-state index contributed by atoms with van der Waals surface area (Å²) < 4.78 is 0. The van der Waals surface area contributed by atoms with Crippen LogP contribution >= 0.6 is 24.8 Å². The van der Waals surface area contributed by atoms with Crippen molar-refractivity contribution in [1.29, 1.82) is 0 Å². The number of amides is 1. The molecule has 108 valence electrons. The van der Waals surface area contributed by atoms with E-state index in [9.17, 15) is 4.79 Å². The van der Waals surface area contributed by atoms with Gasteiger partial charge in [-0.1, -0.05) is 6.07 Å². The van der Waals surface area contributed by atoms with Crippen LogP contribution in [0.2, 0.25) is 0 Å². The smallest absolute Gasteiger partial charge is 0.272 e. The predicted molar refractivity (Wildman–Crippen MR) is 81.5 cm³/mol. The number of hydrogen-bond acceptors (Lipinski definition) is 3. The first kappa shape index (κ1) is 18.2. The van der Waals surface area contributed by atoms with Crippen molar-refractivity contribution in [2.45, 2.75) is 25.8 Å². The van der Waals surface area contributed by atoms with Crippen LogP contribution in [-0.2, 0) is 0 Å². The second-order valence-electron chi connectivity index (χ2n) is 4.55. The Morgan fingerprint density at radius 1 is 1.47 bits per heavy atom. The molecule has 4 nitrogen and oxygen atoms in total. The van der Waals surface area contributed by atoms with Crippen molar-refractivity contribution < 1.29 is 4.79 Å². The van der Waals surface area contributed by atoms with E-state index >= 15 is 0 Å². The van der Waals surface area contributed by atoms with E-state index in [4.69, 9.17) is 0 Å². The van der Waals surface area contributed by atoms with Crippen LogP contribution in [0, 0.1) is 6.92 Å². The molecular weight excluding hydrogens is 285 g/mol. The molecule has 0 aliphatic carbocycles. The Morgan fingerprint density at radius 3 is 2.84 bits per heavy atom. The fourth-order valence-corrected chi connectivity index (χ4v) is 2.26. The molecular formula is C13H21Cl2N3O. The molecule has 0 spiro atoms. The van der Waals surface area contributed by atoms with Crippen LogP contribution in [0.4, 0.5) is 0 Å². The van der Waals surface area contributed by atoms with Gasteiger partial charge in [-0.05, 0) is 38.4 Å². The highest BCUT2D eigenvalue weighted by atomic mass is 35.5. The number of likely N-dealkylation sites (tertiary alicyclic amines) is 1. The minimum atomic E-state index is 0. The molecule has 2 heterocycles. The summed E-state index contributed by atoms with van der Waals surface area (Å²) in [5.41, 5.74) is 1.54. The second-order valence-corrected chi connectivity index (χ2v) is 4.55. The van der Waals surface area contributed by atoms with E-state index in [0.717, 1.165) is 31.5 Å². The van der Waals surface area contributed by atoms with Crippen molar-refractivity contribution in [3.05, 3.63) is 29.6 Å². The first-order valence-electron chi connectivity index (χ1n) is 6.10. The van der Waals surface area contributed by atoms with E-state index in [1.807, 2.05) is 31.0 Å². The number of carbonyl (C=O) groups is 1. The molecule has 1 fully saturated rings. The number of halogens is 2. The summed E-state index contributed by atoms with van der Waals surface area (Å²) in [6.07, 6.45) is 3.88. The van der Waals surface area contributed by atoms with Crippen LogP contribution < -0.4 is 5.32 Å². The summed E-state index contributed by atoms with van der Waals surface area (Å²) in [4.78, 5) is 18.4. The average Bonchev–Trinajstić information content (AvgIpc) is 2.38. The van der Waals surface area contributed by atoms with Crippen LogP contribution in [0.3, 0.4) is 0 Å². The third-order valence-corrected chi connectivity index (χ3v) is 3.33. The van der Waals surface area contributed by atoms with Crippen LogP contribution in [-0.4, -0.2) is 42.0 Å². The molecule has 1 N–H and O–H groups in total. The van der Waals surface area contributed by atoms with Gasteiger partial charge in [0.05, 0.1) is 0 Å². The number of piperidine rings is 1. The van der Waals surface area contributed by atoms with Gasteiger partial charge in [0, 0.05) is 25.3 Å². The molecule has 1 aromatic rings. The zero-order valence-corrected chi connectivity index (χ0v) is 12.9. The maximum absolute atomic E-state index is 12.3. The lowest BCUT2D eigenvalue weighted by atomic mass is 10.0. The second kappa shape index (κ2) is 8.35. The van der Waals surface area contributed by atoms with E-state index in [1.165, 1.54) is 0 Å². The number of nitrogens with one attached hydrogen (secondary N) is 1. The molecule has 1 unspecified atom stereocenters. The van der Waals surface area contributed by atoms with Gasteiger partial charge in [-0.2, -0.15) is 0 Å². The van der Waals surface area contributed by atoms with E-state index in [1.54, 1.807) is 6.20 Å². The summed E-state index contributed by atoms with van der Waals surface area (Å²) in [7, 11) is 1.95. The lowest BCUT2D eigenvalue weighted by Crippen LogP contribution is -2.47. The number of aromatic nitrogens is 1. The maximum Gasteiger partial charge on any atom is 0.272 e. The summed E-state index contributed by atoms with van der Waals surface area (Å²) in [6, 6.07) is 4.20. The molecule has 2 rings (SSSR count). The third kappa shape index (κ3) is 4.34. The lowest BCUT2D eigenvalue weighted by Gasteiger charge is -2.32. The number of pyridine rings is 1. The summed E-state index contributed by atoms with van der Waals surface area (Å²) >= 11 is 0. The standard InChI is InChI=1S/C13H19N3O.2ClH/c1-10-5-3-7-15-12(10)13(17)16-8-4-6-11(9-16)14-2;;/h3,5,7,11,14H,4,6,8-9H2,1-2H3;2*1H. The number of nitrogens with zero attached hydrogens (tertiary/aromatic N) is 2. The Labute approximate surface area is 126 Å². The fourth-order valence-electron chi connectivity index (χ4n) is 2.26. The third-order valence-electron chi connectivity index (χ3n) is 3.33. The van der Waals surface area contributed by atoms with Gasteiger partial charge in [-0.3, -0.25) is 9.78 Å². The van der Waals surface area contributed by atoms with E-state index < -0.39 is 0 Å². The Morgan fingerprint density at radius 2 is 2.21 bits per heavy atom. The maximum atomic E-state index is 12.3. The number of likely N-dealkylation sites (N-methyl/N-ethyl adjacent to an activating group) is 1. The molecule has 19 heavy (non-hydrogen) atoms. The first-order chi connectivity index (χ1) is 8.22. The minimum absolute atomic E-state index is 0. The normalized spacial score (nSPS) is 18.2. The van der Waals surface area contributed by atoms with Crippen molar-refractivity contribution in [2.75, 3.05) is 20.1 Å². The van der Waals surface area contributed by atoms with Gasteiger partial charge in [0.25, 0.3) is 5.91 Å². The molecule has 1 aliphatic heterocycles. The molecule has 1 aliphatic rings. The fraction of sp³-hybridized carbons (Fsp3) is 0.538. The van der Waals surface area contributed by atoms with Gasteiger partial charge < -0.3 is 10.2 Å². The highest BCUT2D eigenvalue weighted by Crippen LogP contribution is 2.14. The van der Waals surface area contributed by atoms with Crippen LogP contribution in [0.15, 0.2) is 18.3 Å². The van der Waals surface area contributed by atoms with E-state index in [0.29, 0.717) is 11.7 Å². The number of carbonyl (C=O) groups excluding carboxylic acids is 1. The largest absolute Gasteiger partial charge is 0.336 e. The molecule has 0 radical (unpaired) electrons. The van der Waals surface area contributed by atoms with Gasteiger partial charge in [0.1, 0.15) is 5.69 Å². The molecule has 6 heteroatoms. The Balaban J connectivity index is 0.00000162. The van der Waals surface area contributed by atoms with Crippen LogP contribution in [0.25, 0.3) is 0 Å². The van der Waals surface area contributed by atoms with Crippen molar-refractivity contribution in [3.63, 3.8) is 0 Å². The Hall–Kier alpha value is -0.840. The summed E-state index contributed by atoms with van der Waals surface area (Å²) in [5.74, 6) is 0.0584. The van der Waals surface area contributed by atoms with Gasteiger partial charge in [-0.15, -0.1) is 24.8 Å². The average molecular weight is 306 g/mol. The van der Waals surface area contributed by atoms with Crippen molar-refractivity contribution in [1.82, 2.24) is 15.2 Å². The number of rotatable bonds is 2. The molecule has 0 aromatic carbocycles. The van der Waals surface area contributed by atoms with Crippen LogP contribution in [0.1, 0.15) is 28.9 Å². The topological polar surface area (TPSA) is 45.2 Å². The zero-order chi connectivity index (χ0) is 12.3. The Kier molecular flexibility index (Phi) is 7.99. The molecule has 0 saturated carbocycles. The molecule has 0 bridgehead atoms. The molecule has 1 saturated heterocycles. The van der Waals surface area contributed by atoms with E-state index in [2.05, 4.69) is 10.3 Å². The molecule has 1 aromatic heterocycles. The van der Waals surface area contributed by atoms with Crippen LogP contribution in [0.5, 0.6) is 0 Å². The van der Waals surface area contributed by atoms with Gasteiger partial charge in [-0.25, -0.2) is 0 Å². The summed E-state index contributed by atoms with van der Waals surface area (Å²) in [5, 5.41) is 3.24. The number of hydrogen-bond donors (Lipinski definition) is 1. The molecule has 1 atom stereocenters.